The molecule has 0 unspecified atom stereocenters. The summed E-state index contributed by atoms with van der Waals surface area (Å²) in [5.74, 6) is 1.78. The van der Waals surface area contributed by atoms with Gasteiger partial charge in [0.15, 0.2) is 0 Å². The van der Waals surface area contributed by atoms with E-state index in [1.165, 1.54) is 5.56 Å². The number of fused-ring (bicyclic) bond motifs is 1. The molecule has 0 amide bonds. The molecule has 10 heteroatoms. The van der Waals surface area contributed by atoms with Crippen LogP contribution in [0.1, 0.15) is 49.1 Å². The fourth-order valence-corrected chi connectivity index (χ4v) is 7.21. The Morgan fingerprint density at radius 3 is 2.45 bits per heavy atom. The summed E-state index contributed by atoms with van der Waals surface area (Å²) in [4.78, 5) is 19.0. The Morgan fingerprint density at radius 2 is 1.75 bits per heavy atom. The maximum Gasteiger partial charge on any atom is 0.225 e. The summed E-state index contributed by atoms with van der Waals surface area (Å²) in [5.41, 5.74) is 4.63. The van der Waals surface area contributed by atoms with Gasteiger partial charge in [-0.15, -0.1) is 11.3 Å². The first-order valence-corrected chi connectivity index (χ1v) is 14.8. The van der Waals surface area contributed by atoms with Gasteiger partial charge in [-0.25, -0.2) is 9.97 Å². The third-order valence-electron chi connectivity index (χ3n) is 8.66. The maximum absolute atomic E-state index is 10.7. The van der Waals surface area contributed by atoms with Crippen molar-refractivity contribution in [1.29, 1.82) is 0 Å². The third kappa shape index (κ3) is 5.05. The fourth-order valence-electron chi connectivity index (χ4n) is 6.10. The van der Waals surface area contributed by atoms with Crippen LogP contribution in [-0.4, -0.2) is 66.2 Å². The Bertz CT molecular complexity index is 1490. The van der Waals surface area contributed by atoms with E-state index in [4.69, 9.17) is 15.0 Å². The molecule has 2 aliphatic carbocycles. The van der Waals surface area contributed by atoms with Crippen molar-refractivity contribution in [3.8, 4) is 10.6 Å². The largest absolute Gasteiger partial charge is 0.396 e. The number of aryl methyl sites for hydroxylation is 2. The van der Waals surface area contributed by atoms with Crippen LogP contribution in [0.25, 0.3) is 20.8 Å². The normalized spacial score (nSPS) is 26.9. The van der Waals surface area contributed by atoms with E-state index in [1.807, 2.05) is 19.9 Å². The number of benzene rings is 1. The summed E-state index contributed by atoms with van der Waals surface area (Å²) < 4.78 is 1.03. The first-order chi connectivity index (χ1) is 19.3. The van der Waals surface area contributed by atoms with Crippen LogP contribution >= 0.6 is 11.3 Å². The number of hydrogen-bond donors (Lipinski definition) is 5. The zero-order valence-electron chi connectivity index (χ0n) is 23.0. The van der Waals surface area contributed by atoms with Crippen molar-refractivity contribution < 1.29 is 15.3 Å². The van der Waals surface area contributed by atoms with Crippen molar-refractivity contribution in [2.45, 2.75) is 70.2 Å². The molecule has 0 radical (unpaired) electrons. The van der Waals surface area contributed by atoms with E-state index >= 15 is 0 Å². The van der Waals surface area contributed by atoms with Crippen LogP contribution in [0.4, 0.5) is 11.8 Å². The number of aromatic nitrogens is 4. The van der Waals surface area contributed by atoms with Crippen LogP contribution in [0, 0.1) is 25.7 Å². The molecule has 0 bridgehead atoms. The second kappa shape index (κ2) is 11.0. The van der Waals surface area contributed by atoms with Crippen LogP contribution in [0.2, 0.25) is 0 Å². The predicted octanol–water partition coefficient (Wildman–Crippen LogP) is 4.27. The van der Waals surface area contributed by atoms with E-state index in [-0.39, 0.29) is 12.6 Å². The van der Waals surface area contributed by atoms with E-state index in [1.54, 1.807) is 17.5 Å². The highest BCUT2D eigenvalue weighted by molar-refractivity contribution is 7.21. The topological polar surface area (TPSA) is 136 Å². The summed E-state index contributed by atoms with van der Waals surface area (Å²) in [5, 5.41) is 38.6. The number of hydrogen-bond acceptors (Lipinski definition) is 10. The molecule has 3 aromatic heterocycles. The summed E-state index contributed by atoms with van der Waals surface area (Å²) in [6.45, 7) is 5.88. The Morgan fingerprint density at radius 1 is 0.975 bits per heavy atom. The van der Waals surface area contributed by atoms with Gasteiger partial charge in [0.2, 0.25) is 5.95 Å². The van der Waals surface area contributed by atoms with E-state index in [9.17, 15) is 15.3 Å². The SMILES string of the molecule is Cc1nc(N[C@H](C)C2CC(c3ccccc3)C2)nc(N[C@@H]2C[C@H](CO)[C@@H](O)[C@H]2O)c1-c1nc2c(C)nccc2s1. The number of rotatable bonds is 8. The minimum Gasteiger partial charge on any atom is -0.396 e. The molecule has 4 aromatic rings. The lowest BCUT2D eigenvalue weighted by Crippen LogP contribution is -2.37. The number of anilines is 2. The van der Waals surface area contributed by atoms with Crippen LogP contribution < -0.4 is 10.6 Å². The molecule has 2 fully saturated rings. The van der Waals surface area contributed by atoms with Gasteiger partial charge in [0.1, 0.15) is 22.4 Å². The summed E-state index contributed by atoms with van der Waals surface area (Å²) in [6.07, 6.45) is 2.42. The molecule has 0 aliphatic heterocycles. The second-order valence-corrected chi connectivity index (χ2v) is 12.3. The Kier molecular flexibility index (Phi) is 7.43. The highest BCUT2D eigenvalue weighted by Crippen LogP contribution is 2.44. The van der Waals surface area contributed by atoms with Gasteiger partial charge in [0.25, 0.3) is 0 Å². The molecular formula is C30H36N6O3S. The molecule has 5 N–H and O–H groups in total. The van der Waals surface area contributed by atoms with E-state index in [0.29, 0.717) is 30.0 Å². The predicted molar refractivity (Wildman–Crippen MR) is 158 cm³/mol. The summed E-state index contributed by atoms with van der Waals surface area (Å²) in [7, 11) is 0. The fraction of sp³-hybridized carbons (Fsp3) is 0.467. The van der Waals surface area contributed by atoms with Gasteiger partial charge in [0.05, 0.1) is 33.8 Å². The second-order valence-electron chi connectivity index (χ2n) is 11.3. The molecule has 40 heavy (non-hydrogen) atoms. The molecule has 0 saturated heterocycles. The summed E-state index contributed by atoms with van der Waals surface area (Å²) in [6, 6.07) is 12.3. The Labute approximate surface area is 237 Å². The van der Waals surface area contributed by atoms with E-state index < -0.39 is 24.2 Å². The molecule has 9 nitrogen and oxygen atoms in total. The molecule has 0 spiro atoms. The molecule has 2 saturated carbocycles. The van der Waals surface area contributed by atoms with E-state index in [0.717, 1.165) is 45.0 Å². The summed E-state index contributed by atoms with van der Waals surface area (Å²) >= 11 is 1.55. The molecular weight excluding hydrogens is 524 g/mol. The lowest BCUT2D eigenvalue weighted by Gasteiger charge is -2.39. The number of pyridine rings is 1. The average Bonchev–Trinajstić information content (AvgIpc) is 3.45. The van der Waals surface area contributed by atoms with E-state index in [2.05, 4.69) is 52.9 Å². The van der Waals surface area contributed by atoms with Crippen molar-refractivity contribution >= 4 is 33.3 Å². The number of nitrogens with one attached hydrogen (secondary N) is 2. The van der Waals surface area contributed by atoms with Crippen molar-refractivity contribution in [2.75, 3.05) is 17.2 Å². The molecule has 6 rings (SSSR count). The molecule has 3 heterocycles. The molecule has 210 valence electrons. The van der Waals surface area contributed by atoms with Gasteiger partial charge in [-0.05, 0) is 63.5 Å². The van der Waals surface area contributed by atoms with Gasteiger partial charge in [-0.2, -0.15) is 4.98 Å². The van der Waals surface area contributed by atoms with Crippen molar-refractivity contribution in [2.24, 2.45) is 11.8 Å². The van der Waals surface area contributed by atoms with Crippen molar-refractivity contribution in [3.05, 3.63) is 59.5 Å². The lowest BCUT2D eigenvalue weighted by atomic mass is 9.68. The molecule has 2 aliphatic rings. The van der Waals surface area contributed by atoms with Crippen LogP contribution in [-0.2, 0) is 0 Å². The standard InChI is InChI=1S/C30H36N6O3S/c1-15(19-11-20(12-19)18-7-5-4-6-8-18)32-30-33-16(2)24(29-35-25-17(3)31-10-9-23(25)40-29)28(36-30)34-22-13-21(14-37)26(38)27(22)39/h4-10,15,19-22,26-27,37-39H,11-14H2,1-3H3,(H2,32,33,34,36)/t15-,19?,20?,21-,22-,26-,27+/m1/s1. The van der Waals surface area contributed by atoms with Gasteiger partial charge in [-0.3, -0.25) is 4.98 Å². The van der Waals surface area contributed by atoms with Crippen LogP contribution in [0.3, 0.4) is 0 Å². The maximum atomic E-state index is 10.7. The number of aliphatic hydroxyl groups excluding tert-OH is 3. The zero-order valence-corrected chi connectivity index (χ0v) is 23.8. The smallest absolute Gasteiger partial charge is 0.225 e. The average molecular weight is 561 g/mol. The minimum atomic E-state index is -1.03. The van der Waals surface area contributed by atoms with Crippen molar-refractivity contribution in [1.82, 2.24) is 19.9 Å². The highest BCUT2D eigenvalue weighted by atomic mass is 32.1. The van der Waals surface area contributed by atoms with Gasteiger partial charge in [0, 0.05) is 24.8 Å². The first kappa shape index (κ1) is 27.0. The lowest BCUT2D eigenvalue weighted by molar-refractivity contribution is 0.00446. The number of thiazole rings is 1. The van der Waals surface area contributed by atoms with Crippen molar-refractivity contribution in [3.63, 3.8) is 0 Å². The number of nitrogens with zero attached hydrogens (tertiary/aromatic N) is 4. The molecule has 1 aromatic carbocycles. The Balaban J connectivity index is 1.29. The quantitative estimate of drug-likeness (QED) is 0.214. The number of aliphatic hydroxyl groups is 3. The van der Waals surface area contributed by atoms with Crippen LogP contribution in [0.5, 0.6) is 0 Å². The Hall–Kier alpha value is -3.18. The first-order valence-electron chi connectivity index (χ1n) is 14.0. The molecule has 5 atom stereocenters. The highest BCUT2D eigenvalue weighted by Gasteiger charge is 2.42. The van der Waals surface area contributed by atoms with Crippen LogP contribution in [0.15, 0.2) is 42.6 Å². The van der Waals surface area contributed by atoms with Gasteiger partial charge >= 0.3 is 0 Å². The monoisotopic (exact) mass is 560 g/mol. The van der Waals surface area contributed by atoms with Gasteiger partial charge < -0.3 is 26.0 Å². The third-order valence-corrected chi connectivity index (χ3v) is 9.70. The zero-order chi connectivity index (χ0) is 28.0. The van der Waals surface area contributed by atoms with Gasteiger partial charge in [-0.1, -0.05) is 30.3 Å². The minimum absolute atomic E-state index is 0.187.